The van der Waals surface area contributed by atoms with Gasteiger partial charge in [0.1, 0.15) is 0 Å². The molecule has 124 valence electrons. The van der Waals surface area contributed by atoms with Crippen molar-refractivity contribution in [2.75, 3.05) is 33.3 Å². The van der Waals surface area contributed by atoms with Gasteiger partial charge in [0.15, 0.2) is 5.75 Å². The van der Waals surface area contributed by atoms with Crippen molar-refractivity contribution in [1.29, 1.82) is 0 Å². The summed E-state index contributed by atoms with van der Waals surface area (Å²) < 4.78 is 4.98. The molecule has 1 amide bonds. The van der Waals surface area contributed by atoms with Gasteiger partial charge in [0.25, 0.3) is 5.91 Å². The third-order valence-electron chi connectivity index (χ3n) is 4.93. The van der Waals surface area contributed by atoms with Gasteiger partial charge in [-0.2, -0.15) is 0 Å². The molecule has 0 saturated carbocycles. The molecule has 7 nitrogen and oxygen atoms in total. The number of methoxy groups -OCH3 is 1. The van der Waals surface area contributed by atoms with Crippen LogP contribution in [0.25, 0.3) is 0 Å². The normalized spacial score (nSPS) is 24.0. The molecule has 0 bridgehead atoms. The van der Waals surface area contributed by atoms with E-state index in [1.54, 1.807) is 6.07 Å². The maximum absolute atomic E-state index is 12.7. The van der Waals surface area contributed by atoms with Crippen molar-refractivity contribution in [2.24, 2.45) is 11.8 Å². The molecule has 0 aromatic heterocycles. The fraction of sp³-hybridized carbons (Fsp3) is 0.562. The Hall–Kier alpha value is -2.15. The van der Waals surface area contributed by atoms with Gasteiger partial charge in [0.2, 0.25) is 0 Å². The quantitative estimate of drug-likeness (QED) is 0.677. The molecule has 2 aliphatic rings. The maximum Gasteiger partial charge on any atom is 0.311 e. The molecule has 1 aromatic rings. The van der Waals surface area contributed by atoms with Crippen LogP contribution in [-0.2, 0) is 0 Å². The van der Waals surface area contributed by atoms with Crippen LogP contribution in [0.2, 0.25) is 0 Å². The largest absolute Gasteiger partial charge is 0.490 e. The lowest BCUT2D eigenvalue weighted by atomic mass is 9.92. The Morgan fingerprint density at radius 2 is 1.96 bits per heavy atom. The maximum atomic E-state index is 12.7. The van der Waals surface area contributed by atoms with E-state index < -0.39 is 4.92 Å². The highest BCUT2D eigenvalue weighted by Gasteiger charge is 2.32. The summed E-state index contributed by atoms with van der Waals surface area (Å²) in [6, 6.07) is 4.40. The van der Waals surface area contributed by atoms with Gasteiger partial charge in [-0.15, -0.1) is 0 Å². The van der Waals surface area contributed by atoms with E-state index in [1.807, 2.05) is 4.90 Å². The lowest BCUT2D eigenvalue weighted by molar-refractivity contribution is -0.385. The van der Waals surface area contributed by atoms with E-state index in [0.717, 1.165) is 25.9 Å². The van der Waals surface area contributed by atoms with Crippen molar-refractivity contribution in [2.45, 2.75) is 12.8 Å². The monoisotopic (exact) mass is 319 g/mol. The lowest BCUT2D eigenvalue weighted by Gasteiger charge is -2.21. The molecule has 3 rings (SSSR count). The Morgan fingerprint density at radius 1 is 1.30 bits per heavy atom. The average molecular weight is 319 g/mol. The first-order valence-corrected chi connectivity index (χ1v) is 7.92. The second kappa shape index (κ2) is 6.54. The van der Waals surface area contributed by atoms with Gasteiger partial charge < -0.3 is 15.0 Å². The summed E-state index contributed by atoms with van der Waals surface area (Å²) in [5.41, 5.74) is 0.178. The topological polar surface area (TPSA) is 84.7 Å². The molecule has 7 heteroatoms. The van der Waals surface area contributed by atoms with Gasteiger partial charge in [-0.25, -0.2) is 0 Å². The first-order valence-electron chi connectivity index (χ1n) is 7.92. The van der Waals surface area contributed by atoms with Crippen molar-refractivity contribution in [3.8, 4) is 5.75 Å². The van der Waals surface area contributed by atoms with E-state index in [0.29, 0.717) is 30.5 Å². The Labute approximate surface area is 134 Å². The fourth-order valence-electron chi connectivity index (χ4n) is 3.57. The first kappa shape index (κ1) is 15.7. The molecule has 2 saturated heterocycles. The van der Waals surface area contributed by atoms with E-state index in [1.165, 1.54) is 19.2 Å². The number of ether oxygens (including phenoxy) is 1. The van der Waals surface area contributed by atoms with Crippen molar-refractivity contribution < 1.29 is 14.5 Å². The number of benzene rings is 1. The standard InChI is InChI=1S/C16H21N3O4/c1-23-15-3-2-11(8-14(15)19(21)22)16(20)18-6-4-12-9-17-10-13(12)5-7-18/h2-3,8,12-13,17H,4-7,9-10H2,1H3/t12-,13+. The second-order valence-corrected chi connectivity index (χ2v) is 6.19. The van der Waals surface area contributed by atoms with Crippen LogP contribution < -0.4 is 10.1 Å². The molecule has 0 radical (unpaired) electrons. The van der Waals surface area contributed by atoms with E-state index >= 15 is 0 Å². The Kier molecular flexibility index (Phi) is 4.47. The third kappa shape index (κ3) is 3.14. The number of nitro groups is 1. The second-order valence-electron chi connectivity index (χ2n) is 6.19. The predicted octanol–water partition coefficient (Wildman–Crippen LogP) is 1.67. The molecule has 0 spiro atoms. The number of nitrogens with zero attached hydrogens (tertiary/aromatic N) is 2. The van der Waals surface area contributed by atoms with Crippen LogP contribution in [0, 0.1) is 22.0 Å². The van der Waals surface area contributed by atoms with E-state index in [9.17, 15) is 14.9 Å². The number of nitro benzene ring substituents is 1. The molecular formula is C16H21N3O4. The zero-order valence-electron chi connectivity index (χ0n) is 13.2. The van der Waals surface area contributed by atoms with Crippen molar-refractivity contribution in [1.82, 2.24) is 10.2 Å². The fourth-order valence-corrected chi connectivity index (χ4v) is 3.57. The number of amides is 1. The van der Waals surface area contributed by atoms with Crippen LogP contribution in [0.4, 0.5) is 5.69 Å². The number of carbonyl (C=O) groups excluding carboxylic acids is 1. The molecular weight excluding hydrogens is 298 g/mol. The summed E-state index contributed by atoms with van der Waals surface area (Å²) >= 11 is 0. The molecule has 2 heterocycles. The molecule has 23 heavy (non-hydrogen) atoms. The average Bonchev–Trinajstić information content (AvgIpc) is 2.92. The summed E-state index contributed by atoms with van der Waals surface area (Å²) in [4.78, 5) is 25.1. The number of likely N-dealkylation sites (tertiary alicyclic amines) is 1. The van der Waals surface area contributed by atoms with Crippen LogP contribution in [0.5, 0.6) is 5.75 Å². The van der Waals surface area contributed by atoms with Gasteiger partial charge in [-0.3, -0.25) is 14.9 Å². The van der Waals surface area contributed by atoms with Gasteiger partial charge in [-0.1, -0.05) is 0 Å². The van der Waals surface area contributed by atoms with Gasteiger partial charge >= 0.3 is 5.69 Å². The van der Waals surface area contributed by atoms with Crippen LogP contribution >= 0.6 is 0 Å². The Balaban J connectivity index is 1.77. The third-order valence-corrected chi connectivity index (χ3v) is 4.93. The van der Waals surface area contributed by atoms with E-state index in [-0.39, 0.29) is 17.3 Å². The van der Waals surface area contributed by atoms with Gasteiger partial charge in [-0.05, 0) is 49.9 Å². The number of carbonyl (C=O) groups is 1. The van der Waals surface area contributed by atoms with E-state index in [2.05, 4.69) is 5.32 Å². The number of hydrogen-bond donors (Lipinski definition) is 1. The highest BCUT2D eigenvalue weighted by Crippen LogP contribution is 2.30. The van der Waals surface area contributed by atoms with Gasteiger partial charge in [0, 0.05) is 24.7 Å². The molecule has 2 aliphatic heterocycles. The van der Waals surface area contributed by atoms with Crippen molar-refractivity contribution in [3.05, 3.63) is 33.9 Å². The summed E-state index contributed by atoms with van der Waals surface area (Å²) in [5.74, 6) is 1.31. The van der Waals surface area contributed by atoms with Gasteiger partial charge in [0.05, 0.1) is 12.0 Å². The minimum atomic E-state index is -0.520. The number of rotatable bonds is 3. The Morgan fingerprint density at radius 3 is 2.52 bits per heavy atom. The molecule has 0 aliphatic carbocycles. The van der Waals surface area contributed by atoms with Crippen LogP contribution in [0.1, 0.15) is 23.2 Å². The molecule has 0 unspecified atom stereocenters. The highest BCUT2D eigenvalue weighted by atomic mass is 16.6. The minimum absolute atomic E-state index is 0.135. The first-order chi connectivity index (χ1) is 11.1. The summed E-state index contributed by atoms with van der Waals surface area (Å²) in [6.45, 7) is 3.48. The Bertz CT molecular complexity index is 605. The van der Waals surface area contributed by atoms with Crippen molar-refractivity contribution in [3.63, 3.8) is 0 Å². The SMILES string of the molecule is COc1ccc(C(=O)N2CC[C@@H]3CNC[C@@H]3CC2)cc1[N+](=O)[O-]. The number of fused-ring (bicyclic) bond motifs is 1. The zero-order chi connectivity index (χ0) is 16.4. The van der Waals surface area contributed by atoms with E-state index in [4.69, 9.17) is 4.74 Å². The number of nitrogens with one attached hydrogen (secondary N) is 1. The summed E-state index contributed by atoms with van der Waals surface area (Å²) in [6.07, 6.45) is 1.98. The summed E-state index contributed by atoms with van der Waals surface area (Å²) in [5, 5.41) is 14.5. The van der Waals surface area contributed by atoms with Crippen LogP contribution in [-0.4, -0.2) is 49.0 Å². The van der Waals surface area contributed by atoms with Crippen LogP contribution in [0.15, 0.2) is 18.2 Å². The van der Waals surface area contributed by atoms with Crippen LogP contribution in [0.3, 0.4) is 0 Å². The minimum Gasteiger partial charge on any atom is -0.490 e. The summed E-state index contributed by atoms with van der Waals surface area (Å²) in [7, 11) is 1.38. The molecule has 2 atom stereocenters. The zero-order valence-corrected chi connectivity index (χ0v) is 13.2. The smallest absolute Gasteiger partial charge is 0.311 e. The predicted molar refractivity (Wildman–Crippen MR) is 84.6 cm³/mol. The van der Waals surface area contributed by atoms with Crippen molar-refractivity contribution >= 4 is 11.6 Å². The molecule has 1 aromatic carbocycles. The number of hydrogen-bond acceptors (Lipinski definition) is 5. The molecule has 1 N–H and O–H groups in total. The lowest BCUT2D eigenvalue weighted by Crippen LogP contribution is -2.32. The highest BCUT2D eigenvalue weighted by molar-refractivity contribution is 5.95. The molecule has 2 fully saturated rings.